The molecule has 1 aromatic rings. The third kappa shape index (κ3) is 2.64. The molecule has 0 amide bonds. The number of halogens is 1. The first kappa shape index (κ1) is 10.9. The largest absolute Gasteiger partial charge is 0.376 e. The van der Waals surface area contributed by atoms with Crippen molar-refractivity contribution in [2.45, 2.75) is 19.4 Å². The Bertz CT molecular complexity index is 323. The Balaban J connectivity index is 2.89. The van der Waals surface area contributed by atoms with Crippen LogP contribution < -0.4 is 0 Å². The number of ketones is 1. The van der Waals surface area contributed by atoms with Gasteiger partial charge in [0.05, 0.1) is 6.10 Å². The summed E-state index contributed by atoms with van der Waals surface area (Å²) in [7, 11) is 1.47. The minimum absolute atomic E-state index is 0.0138. The molecule has 2 nitrogen and oxygen atoms in total. The van der Waals surface area contributed by atoms with Crippen molar-refractivity contribution in [2.24, 2.45) is 0 Å². The highest BCUT2D eigenvalue weighted by atomic mass is 19.1. The van der Waals surface area contributed by atoms with Gasteiger partial charge in [0.15, 0.2) is 0 Å². The van der Waals surface area contributed by atoms with E-state index in [0.29, 0.717) is 5.56 Å². The lowest BCUT2D eigenvalue weighted by Gasteiger charge is -2.14. The van der Waals surface area contributed by atoms with Crippen LogP contribution in [0.15, 0.2) is 24.3 Å². The van der Waals surface area contributed by atoms with Gasteiger partial charge in [-0.25, -0.2) is 4.39 Å². The van der Waals surface area contributed by atoms with Gasteiger partial charge in [-0.15, -0.1) is 0 Å². The van der Waals surface area contributed by atoms with Crippen LogP contribution in [-0.4, -0.2) is 12.9 Å². The van der Waals surface area contributed by atoms with E-state index in [4.69, 9.17) is 4.74 Å². The third-order valence-corrected chi connectivity index (χ3v) is 2.01. The van der Waals surface area contributed by atoms with Crippen LogP contribution in [0.1, 0.15) is 25.0 Å². The summed E-state index contributed by atoms with van der Waals surface area (Å²) < 4.78 is 18.4. The minimum atomic E-state index is -0.478. The summed E-state index contributed by atoms with van der Waals surface area (Å²) in [6.07, 6.45) is -0.272. The van der Waals surface area contributed by atoms with Gasteiger partial charge in [0.2, 0.25) is 0 Å². The number of hydrogen-bond acceptors (Lipinski definition) is 2. The predicted octanol–water partition coefficient (Wildman–Crippen LogP) is 2.49. The molecule has 0 aliphatic rings. The number of carbonyl (C=O) groups excluding carboxylic acids is 1. The molecule has 0 spiro atoms. The normalized spacial score (nSPS) is 12.5. The van der Waals surface area contributed by atoms with Crippen LogP contribution in [0.5, 0.6) is 0 Å². The zero-order valence-corrected chi connectivity index (χ0v) is 8.29. The predicted molar refractivity (Wildman–Crippen MR) is 51.4 cm³/mol. The molecule has 1 unspecified atom stereocenters. The Morgan fingerprint density at radius 3 is 2.64 bits per heavy atom. The number of methoxy groups -OCH3 is 1. The molecule has 0 bridgehead atoms. The second-order valence-electron chi connectivity index (χ2n) is 3.15. The number of Topliss-reactive ketones (excluding diaryl/α,β-unsaturated/α-hetero) is 1. The van der Waals surface area contributed by atoms with Gasteiger partial charge in [0.25, 0.3) is 0 Å². The monoisotopic (exact) mass is 196 g/mol. The van der Waals surface area contributed by atoms with Gasteiger partial charge in [-0.1, -0.05) is 18.2 Å². The topological polar surface area (TPSA) is 26.3 Å². The van der Waals surface area contributed by atoms with E-state index in [2.05, 4.69) is 0 Å². The van der Waals surface area contributed by atoms with Crippen molar-refractivity contribution in [1.82, 2.24) is 0 Å². The van der Waals surface area contributed by atoms with Gasteiger partial charge in [0.1, 0.15) is 11.6 Å². The summed E-state index contributed by atoms with van der Waals surface area (Å²) in [4.78, 5) is 10.9. The molecule has 0 radical (unpaired) electrons. The van der Waals surface area contributed by atoms with Crippen LogP contribution in [0.4, 0.5) is 4.39 Å². The van der Waals surface area contributed by atoms with Crippen LogP contribution >= 0.6 is 0 Å². The molecule has 0 fully saturated rings. The first-order valence-electron chi connectivity index (χ1n) is 4.41. The Morgan fingerprint density at radius 2 is 2.14 bits per heavy atom. The molecule has 1 rings (SSSR count). The molecule has 76 valence electrons. The molecular weight excluding hydrogens is 183 g/mol. The molecule has 0 N–H and O–H groups in total. The van der Waals surface area contributed by atoms with Crippen molar-refractivity contribution >= 4 is 5.78 Å². The second kappa shape index (κ2) is 4.86. The van der Waals surface area contributed by atoms with Crippen molar-refractivity contribution in [1.29, 1.82) is 0 Å². The van der Waals surface area contributed by atoms with Crippen molar-refractivity contribution in [3.05, 3.63) is 35.6 Å². The third-order valence-electron chi connectivity index (χ3n) is 2.01. The fourth-order valence-electron chi connectivity index (χ4n) is 1.32. The molecule has 0 heterocycles. The molecule has 0 aromatic heterocycles. The van der Waals surface area contributed by atoms with Crippen LogP contribution in [0.2, 0.25) is 0 Å². The maximum absolute atomic E-state index is 13.3. The van der Waals surface area contributed by atoms with Crippen molar-refractivity contribution in [3.63, 3.8) is 0 Å². The quantitative estimate of drug-likeness (QED) is 0.739. The summed E-state index contributed by atoms with van der Waals surface area (Å²) in [5.41, 5.74) is 0.435. The molecule has 3 heteroatoms. The van der Waals surface area contributed by atoms with Crippen LogP contribution in [0, 0.1) is 5.82 Å². The van der Waals surface area contributed by atoms with E-state index in [1.807, 2.05) is 0 Å². The van der Waals surface area contributed by atoms with E-state index in [1.165, 1.54) is 20.1 Å². The summed E-state index contributed by atoms with van der Waals surface area (Å²) >= 11 is 0. The highest BCUT2D eigenvalue weighted by Gasteiger charge is 2.16. The van der Waals surface area contributed by atoms with Crippen LogP contribution in [-0.2, 0) is 9.53 Å². The Labute approximate surface area is 82.7 Å². The Morgan fingerprint density at radius 1 is 1.50 bits per heavy atom. The Hall–Kier alpha value is -1.22. The summed E-state index contributed by atoms with van der Waals surface area (Å²) in [5.74, 6) is -0.347. The lowest BCUT2D eigenvalue weighted by Crippen LogP contribution is -2.08. The molecule has 0 saturated heterocycles. The van der Waals surface area contributed by atoms with Gasteiger partial charge >= 0.3 is 0 Å². The number of hydrogen-bond donors (Lipinski definition) is 0. The van der Waals surface area contributed by atoms with Crippen molar-refractivity contribution < 1.29 is 13.9 Å². The van der Waals surface area contributed by atoms with E-state index < -0.39 is 6.10 Å². The fraction of sp³-hybridized carbons (Fsp3) is 0.364. The molecule has 1 atom stereocenters. The van der Waals surface area contributed by atoms with Gasteiger partial charge in [-0.2, -0.15) is 0 Å². The molecule has 0 aliphatic carbocycles. The Kier molecular flexibility index (Phi) is 3.77. The van der Waals surface area contributed by atoms with Crippen LogP contribution in [0.3, 0.4) is 0 Å². The second-order valence-corrected chi connectivity index (χ2v) is 3.15. The lowest BCUT2D eigenvalue weighted by atomic mass is 10.0. The van der Waals surface area contributed by atoms with E-state index in [1.54, 1.807) is 18.2 Å². The summed E-state index contributed by atoms with van der Waals surface area (Å²) in [6, 6.07) is 6.33. The number of ether oxygens (including phenoxy) is 1. The lowest BCUT2D eigenvalue weighted by molar-refractivity contribution is -0.119. The maximum Gasteiger partial charge on any atom is 0.132 e. The molecule has 0 saturated carbocycles. The van der Waals surface area contributed by atoms with E-state index in [0.717, 1.165) is 0 Å². The van der Waals surface area contributed by atoms with Gasteiger partial charge < -0.3 is 4.74 Å². The van der Waals surface area contributed by atoms with Gasteiger partial charge in [-0.3, -0.25) is 4.79 Å². The minimum Gasteiger partial charge on any atom is -0.376 e. The molecule has 14 heavy (non-hydrogen) atoms. The number of carbonyl (C=O) groups is 1. The summed E-state index contributed by atoms with van der Waals surface area (Å²) in [6.45, 7) is 1.47. The zero-order chi connectivity index (χ0) is 10.6. The highest BCUT2D eigenvalue weighted by molar-refractivity contribution is 5.76. The molecule has 1 aromatic carbocycles. The fourth-order valence-corrected chi connectivity index (χ4v) is 1.32. The first-order chi connectivity index (χ1) is 6.65. The number of rotatable bonds is 4. The summed E-state index contributed by atoms with van der Waals surface area (Å²) in [5, 5.41) is 0. The zero-order valence-electron chi connectivity index (χ0n) is 8.29. The van der Waals surface area contributed by atoms with Crippen molar-refractivity contribution in [3.8, 4) is 0 Å². The van der Waals surface area contributed by atoms with E-state index in [9.17, 15) is 9.18 Å². The van der Waals surface area contributed by atoms with Gasteiger partial charge in [-0.05, 0) is 13.0 Å². The standard InChI is InChI=1S/C11H13FO2/c1-8(13)7-11(14-2)9-5-3-4-6-10(9)12/h3-6,11H,7H2,1-2H3. The molecular formula is C11H13FO2. The van der Waals surface area contributed by atoms with E-state index >= 15 is 0 Å². The number of benzene rings is 1. The van der Waals surface area contributed by atoms with Gasteiger partial charge in [0, 0.05) is 19.1 Å². The van der Waals surface area contributed by atoms with Crippen molar-refractivity contribution in [2.75, 3.05) is 7.11 Å². The maximum atomic E-state index is 13.3. The van der Waals surface area contributed by atoms with Crippen LogP contribution in [0.25, 0.3) is 0 Å². The average Bonchev–Trinajstić information content (AvgIpc) is 2.15. The highest BCUT2D eigenvalue weighted by Crippen LogP contribution is 2.23. The SMILES string of the molecule is COC(CC(C)=O)c1ccccc1F. The smallest absolute Gasteiger partial charge is 0.132 e. The van der Waals surface area contributed by atoms with E-state index in [-0.39, 0.29) is 18.0 Å². The average molecular weight is 196 g/mol. The first-order valence-corrected chi connectivity index (χ1v) is 4.41. The molecule has 0 aliphatic heterocycles.